The van der Waals surface area contributed by atoms with E-state index < -0.39 is 5.97 Å². The maximum atomic E-state index is 10.4. The molecule has 1 aliphatic rings. The number of rotatable bonds is 2. The molecule has 0 aliphatic heterocycles. The Bertz CT molecular complexity index is 268. The number of nitrogens with one attached hydrogen (secondary N) is 1. The number of aromatic amines is 1. The third-order valence-electron chi connectivity index (χ3n) is 2.03. The van der Waals surface area contributed by atoms with Gasteiger partial charge in [0.2, 0.25) is 0 Å². The second kappa shape index (κ2) is 2.08. The van der Waals surface area contributed by atoms with Gasteiger partial charge in [0, 0.05) is 17.8 Å². The number of aliphatic carboxylic acids is 1. The van der Waals surface area contributed by atoms with Crippen LogP contribution in [0.2, 0.25) is 0 Å². The van der Waals surface area contributed by atoms with Crippen LogP contribution in [0.1, 0.15) is 18.0 Å². The van der Waals surface area contributed by atoms with Gasteiger partial charge >= 0.3 is 5.97 Å². The molecule has 2 rings (SSSR count). The van der Waals surface area contributed by atoms with Crippen LogP contribution in [-0.2, 0) is 4.79 Å². The second-order valence-corrected chi connectivity index (χ2v) is 2.80. The van der Waals surface area contributed by atoms with Gasteiger partial charge in [0.1, 0.15) is 0 Å². The molecule has 58 valence electrons. The monoisotopic (exact) mass is 152 g/mol. The molecule has 1 aliphatic carbocycles. The van der Waals surface area contributed by atoms with Gasteiger partial charge in [-0.15, -0.1) is 0 Å². The van der Waals surface area contributed by atoms with Crippen molar-refractivity contribution in [1.29, 1.82) is 0 Å². The van der Waals surface area contributed by atoms with E-state index in [1.54, 1.807) is 6.20 Å². The van der Waals surface area contributed by atoms with Crippen molar-refractivity contribution >= 4 is 5.97 Å². The molecule has 0 unspecified atom stereocenters. The topological polar surface area (TPSA) is 66.0 Å². The molecular formula is C7H8N2O2. The quantitative estimate of drug-likeness (QED) is 0.652. The lowest BCUT2D eigenvalue weighted by Crippen LogP contribution is -1.98. The molecular weight excluding hydrogens is 144 g/mol. The Balaban J connectivity index is 2.08. The van der Waals surface area contributed by atoms with E-state index in [4.69, 9.17) is 5.11 Å². The maximum Gasteiger partial charge on any atom is 0.307 e. The fraction of sp³-hybridized carbons (Fsp3) is 0.429. The molecule has 1 aromatic heterocycles. The maximum absolute atomic E-state index is 10.4. The Morgan fingerprint density at radius 2 is 2.64 bits per heavy atom. The Labute approximate surface area is 63.2 Å². The number of carboxylic acids is 1. The summed E-state index contributed by atoms with van der Waals surface area (Å²) in [6, 6.07) is 1.83. The van der Waals surface area contributed by atoms with Gasteiger partial charge in [-0.25, -0.2) is 0 Å². The lowest BCUT2D eigenvalue weighted by molar-refractivity contribution is -0.138. The van der Waals surface area contributed by atoms with Crippen molar-refractivity contribution in [2.75, 3.05) is 0 Å². The van der Waals surface area contributed by atoms with Crippen LogP contribution in [0.3, 0.4) is 0 Å². The summed E-state index contributed by atoms with van der Waals surface area (Å²) in [4.78, 5) is 10.4. The van der Waals surface area contributed by atoms with Crippen molar-refractivity contribution in [1.82, 2.24) is 10.2 Å². The molecule has 0 radical (unpaired) electrons. The average molecular weight is 152 g/mol. The van der Waals surface area contributed by atoms with E-state index in [1.165, 1.54) is 0 Å². The Kier molecular flexibility index (Phi) is 1.21. The van der Waals surface area contributed by atoms with Gasteiger partial charge in [-0.05, 0) is 12.5 Å². The van der Waals surface area contributed by atoms with Gasteiger partial charge in [0.15, 0.2) is 0 Å². The van der Waals surface area contributed by atoms with Crippen LogP contribution in [0, 0.1) is 5.92 Å². The molecule has 0 bridgehead atoms. The van der Waals surface area contributed by atoms with Crippen LogP contribution < -0.4 is 0 Å². The number of hydrogen-bond acceptors (Lipinski definition) is 2. The highest BCUT2D eigenvalue weighted by atomic mass is 16.4. The molecule has 1 saturated carbocycles. The lowest BCUT2D eigenvalue weighted by Gasteiger charge is -1.89. The second-order valence-electron chi connectivity index (χ2n) is 2.80. The molecule has 0 spiro atoms. The van der Waals surface area contributed by atoms with E-state index in [1.807, 2.05) is 6.07 Å². The number of hydrogen-bond donors (Lipinski definition) is 2. The Morgan fingerprint density at radius 3 is 3.09 bits per heavy atom. The number of carboxylic acid groups (broad SMARTS) is 1. The van der Waals surface area contributed by atoms with Crippen LogP contribution in [-0.4, -0.2) is 21.3 Å². The summed E-state index contributed by atoms with van der Waals surface area (Å²) < 4.78 is 0. The summed E-state index contributed by atoms with van der Waals surface area (Å²) in [6.07, 6.45) is 2.39. The van der Waals surface area contributed by atoms with Crippen LogP contribution >= 0.6 is 0 Å². The summed E-state index contributed by atoms with van der Waals surface area (Å²) in [5.74, 6) is -0.713. The predicted octanol–water partition coefficient (Wildman–Crippen LogP) is 0.598. The number of carbonyl (C=O) groups is 1. The summed E-state index contributed by atoms with van der Waals surface area (Å²) in [5, 5.41) is 15.1. The zero-order valence-corrected chi connectivity index (χ0v) is 5.82. The molecule has 4 nitrogen and oxygen atoms in total. The van der Waals surface area contributed by atoms with Crippen molar-refractivity contribution in [3.05, 3.63) is 18.0 Å². The fourth-order valence-corrected chi connectivity index (χ4v) is 1.28. The van der Waals surface area contributed by atoms with Gasteiger partial charge in [0.05, 0.1) is 5.92 Å². The van der Waals surface area contributed by atoms with Crippen LogP contribution in [0.15, 0.2) is 12.3 Å². The molecule has 1 fully saturated rings. The summed E-state index contributed by atoms with van der Waals surface area (Å²) in [5.41, 5.74) is 0.942. The molecule has 2 N–H and O–H groups in total. The minimum atomic E-state index is -0.704. The van der Waals surface area contributed by atoms with Gasteiger partial charge in [-0.1, -0.05) is 0 Å². The Hall–Kier alpha value is -1.32. The molecule has 0 aromatic carbocycles. The zero-order valence-electron chi connectivity index (χ0n) is 5.82. The van der Waals surface area contributed by atoms with Crippen molar-refractivity contribution in [2.24, 2.45) is 5.92 Å². The van der Waals surface area contributed by atoms with Crippen molar-refractivity contribution < 1.29 is 9.90 Å². The van der Waals surface area contributed by atoms with E-state index in [-0.39, 0.29) is 11.8 Å². The van der Waals surface area contributed by atoms with E-state index >= 15 is 0 Å². The predicted molar refractivity (Wildman–Crippen MR) is 37.1 cm³/mol. The first-order valence-corrected chi connectivity index (χ1v) is 3.51. The first kappa shape index (κ1) is 6.39. The number of aromatic nitrogens is 2. The molecule has 11 heavy (non-hydrogen) atoms. The van der Waals surface area contributed by atoms with E-state index in [0.29, 0.717) is 0 Å². The van der Waals surface area contributed by atoms with Crippen molar-refractivity contribution in [3.8, 4) is 0 Å². The zero-order chi connectivity index (χ0) is 7.84. The SMILES string of the molecule is O=C(O)[C@@H]1C[C@H]1c1ccn[nH]1. The largest absolute Gasteiger partial charge is 0.481 e. The van der Waals surface area contributed by atoms with Crippen LogP contribution in [0.4, 0.5) is 0 Å². The number of nitrogens with zero attached hydrogens (tertiary/aromatic N) is 1. The fourth-order valence-electron chi connectivity index (χ4n) is 1.28. The lowest BCUT2D eigenvalue weighted by atomic mass is 10.2. The highest BCUT2D eigenvalue weighted by molar-refractivity contribution is 5.74. The van der Waals surface area contributed by atoms with E-state index in [2.05, 4.69) is 10.2 Å². The molecule has 1 heterocycles. The third-order valence-corrected chi connectivity index (χ3v) is 2.03. The van der Waals surface area contributed by atoms with Crippen molar-refractivity contribution in [3.63, 3.8) is 0 Å². The first-order chi connectivity index (χ1) is 5.29. The molecule has 2 atom stereocenters. The minimum absolute atomic E-state index is 0.176. The summed E-state index contributed by atoms with van der Waals surface area (Å²) >= 11 is 0. The molecule has 0 saturated heterocycles. The van der Waals surface area contributed by atoms with E-state index in [9.17, 15) is 4.79 Å². The minimum Gasteiger partial charge on any atom is -0.481 e. The van der Waals surface area contributed by atoms with Gasteiger partial charge in [0.25, 0.3) is 0 Å². The third kappa shape index (κ3) is 1.00. The molecule has 0 amide bonds. The summed E-state index contributed by atoms with van der Waals surface area (Å²) in [6.45, 7) is 0. The Morgan fingerprint density at radius 1 is 1.82 bits per heavy atom. The van der Waals surface area contributed by atoms with E-state index in [0.717, 1.165) is 12.1 Å². The molecule has 1 aromatic rings. The molecule has 4 heteroatoms. The smallest absolute Gasteiger partial charge is 0.307 e. The van der Waals surface area contributed by atoms with Gasteiger partial charge in [-0.2, -0.15) is 5.10 Å². The van der Waals surface area contributed by atoms with Crippen LogP contribution in [0.25, 0.3) is 0 Å². The average Bonchev–Trinajstić information content (AvgIpc) is 2.60. The van der Waals surface area contributed by atoms with Gasteiger partial charge in [-0.3, -0.25) is 9.89 Å². The number of H-pyrrole nitrogens is 1. The summed E-state index contributed by atoms with van der Waals surface area (Å²) in [7, 11) is 0. The normalized spacial score (nSPS) is 28.4. The van der Waals surface area contributed by atoms with Gasteiger partial charge < -0.3 is 5.11 Å². The highest BCUT2D eigenvalue weighted by Gasteiger charge is 2.44. The highest BCUT2D eigenvalue weighted by Crippen LogP contribution is 2.46. The first-order valence-electron chi connectivity index (χ1n) is 3.51. The standard InChI is InChI=1S/C7H8N2O2/c10-7(11)5-3-4(5)6-1-2-8-9-6/h1-2,4-5H,3H2,(H,8,9)(H,10,11)/t4-,5-/m1/s1. The van der Waals surface area contributed by atoms with Crippen molar-refractivity contribution in [2.45, 2.75) is 12.3 Å². The van der Waals surface area contributed by atoms with Crippen LogP contribution in [0.5, 0.6) is 0 Å².